The Hall–Kier alpha value is -1.09. The van der Waals surface area contributed by atoms with Crippen LogP contribution in [-0.4, -0.2) is 14.5 Å². The molecule has 1 nitrogen and oxygen atoms in total. The van der Waals surface area contributed by atoms with E-state index in [4.69, 9.17) is 4.43 Å². The van der Waals surface area contributed by atoms with E-state index in [-0.39, 0.29) is 6.07 Å². The zero-order valence-electron chi connectivity index (χ0n) is 11.4. The van der Waals surface area contributed by atoms with Gasteiger partial charge >= 0.3 is 12.4 Å². The van der Waals surface area contributed by atoms with E-state index in [0.717, 1.165) is 0 Å². The summed E-state index contributed by atoms with van der Waals surface area (Å²) in [4.78, 5) is 0. The lowest BCUT2D eigenvalue weighted by Gasteiger charge is -2.28. The van der Waals surface area contributed by atoms with Crippen molar-refractivity contribution in [2.45, 2.75) is 38.1 Å². The number of benzene rings is 1. The van der Waals surface area contributed by atoms with Crippen LogP contribution in [0.3, 0.4) is 0 Å². The molecule has 0 aromatic heterocycles. The van der Waals surface area contributed by atoms with Crippen molar-refractivity contribution in [3.8, 4) is 0 Å². The molecule has 0 bridgehead atoms. The highest BCUT2D eigenvalue weighted by Crippen LogP contribution is 2.40. The Morgan fingerprint density at radius 1 is 1.00 bits per heavy atom. The first-order valence-corrected chi connectivity index (χ1v) is 9.24. The van der Waals surface area contributed by atoms with Gasteiger partial charge in [0.15, 0.2) is 14.4 Å². The van der Waals surface area contributed by atoms with Crippen molar-refractivity contribution in [2.24, 2.45) is 0 Å². The molecule has 0 amide bonds. The number of alkyl halides is 6. The second-order valence-electron chi connectivity index (χ2n) is 5.39. The zero-order valence-corrected chi connectivity index (χ0v) is 12.4. The molecule has 0 spiro atoms. The summed E-state index contributed by atoms with van der Waals surface area (Å²) in [5.74, 6) is -1.62. The van der Waals surface area contributed by atoms with Crippen LogP contribution in [0.1, 0.15) is 17.2 Å². The SMILES string of the molecule is C[Si](C)(C)OC(c1ccc(F)c(C(F)(F)F)c1)C(F)(F)F. The number of hydrogen-bond donors (Lipinski definition) is 0. The molecule has 1 aromatic carbocycles. The van der Waals surface area contributed by atoms with Gasteiger partial charge in [-0.2, -0.15) is 26.3 Å². The number of hydrogen-bond acceptors (Lipinski definition) is 1. The van der Waals surface area contributed by atoms with Crippen LogP contribution >= 0.6 is 0 Å². The zero-order chi connectivity index (χ0) is 16.6. The smallest absolute Gasteiger partial charge is 0.403 e. The first kappa shape index (κ1) is 18.0. The largest absolute Gasteiger partial charge is 0.419 e. The maximum atomic E-state index is 13.1. The highest BCUT2D eigenvalue weighted by Gasteiger charge is 2.45. The second kappa shape index (κ2) is 5.60. The quantitative estimate of drug-likeness (QED) is 0.538. The van der Waals surface area contributed by atoms with Gasteiger partial charge in [-0.3, -0.25) is 0 Å². The van der Waals surface area contributed by atoms with Gasteiger partial charge in [0.1, 0.15) is 5.82 Å². The van der Waals surface area contributed by atoms with Crippen molar-refractivity contribution < 1.29 is 35.2 Å². The molecule has 0 saturated heterocycles. The van der Waals surface area contributed by atoms with Crippen molar-refractivity contribution in [1.29, 1.82) is 0 Å². The molecule has 1 unspecified atom stereocenters. The van der Waals surface area contributed by atoms with Gasteiger partial charge < -0.3 is 4.43 Å². The van der Waals surface area contributed by atoms with Crippen LogP contribution in [0.5, 0.6) is 0 Å². The van der Waals surface area contributed by atoms with Gasteiger partial charge in [-0.1, -0.05) is 6.07 Å². The van der Waals surface area contributed by atoms with E-state index in [1.165, 1.54) is 19.6 Å². The van der Waals surface area contributed by atoms with Crippen LogP contribution in [-0.2, 0) is 10.6 Å². The Kier molecular flexibility index (Phi) is 4.79. The molecule has 0 aliphatic carbocycles. The third-order valence-electron chi connectivity index (χ3n) is 2.37. The minimum Gasteiger partial charge on any atom is -0.403 e. The average Bonchev–Trinajstić information content (AvgIpc) is 2.22. The van der Waals surface area contributed by atoms with Gasteiger partial charge in [-0.25, -0.2) is 4.39 Å². The van der Waals surface area contributed by atoms with Crippen molar-refractivity contribution in [1.82, 2.24) is 0 Å². The summed E-state index contributed by atoms with van der Waals surface area (Å²) >= 11 is 0. The fraction of sp³-hybridized carbons (Fsp3) is 0.500. The molecule has 1 atom stereocenters. The Morgan fingerprint density at radius 3 is 1.90 bits per heavy atom. The van der Waals surface area contributed by atoms with Gasteiger partial charge in [-0.15, -0.1) is 0 Å². The fourth-order valence-electron chi connectivity index (χ4n) is 1.60. The highest BCUT2D eigenvalue weighted by atomic mass is 28.4. The lowest BCUT2D eigenvalue weighted by molar-refractivity contribution is -0.200. The maximum Gasteiger partial charge on any atom is 0.419 e. The van der Waals surface area contributed by atoms with E-state index in [9.17, 15) is 30.7 Å². The average molecular weight is 334 g/mol. The van der Waals surface area contributed by atoms with Crippen molar-refractivity contribution in [3.63, 3.8) is 0 Å². The van der Waals surface area contributed by atoms with Crippen LogP contribution in [0.2, 0.25) is 19.6 Å². The summed E-state index contributed by atoms with van der Waals surface area (Å²) in [5.41, 5.74) is -2.51. The predicted octanol–water partition coefficient (Wildman–Crippen LogP) is 5.30. The standard InChI is InChI=1S/C12H13F7OSi/c1-21(2,3)20-10(12(17,18)19)7-4-5-9(13)8(6-7)11(14,15)16/h4-6,10H,1-3H3. The molecule has 120 valence electrons. The Labute approximate surface area is 117 Å². The Bertz CT molecular complexity index is 502. The van der Waals surface area contributed by atoms with E-state index in [2.05, 4.69) is 0 Å². The summed E-state index contributed by atoms with van der Waals surface area (Å²) in [6.07, 6.45) is -12.5. The van der Waals surface area contributed by atoms with Crippen LogP contribution < -0.4 is 0 Å². The van der Waals surface area contributed by atoms with Gasteiger partial charge in [0.25, 0.3) is 0 Å². The normalized spacial score (nSPS) is 15.1. The molecule has 1 aromatic rings. The third kappa shape index (κ3) is 4.99. The molecule has 0 aliphatic heterocycles. The lowest BCUT2D eigenvalue weighted by Crippen LogP contribution is -2.35. The van der Waals surface area contributed by atoms with Gasteiger partial charge in [-0.05, 0) is 37.3 Å². The third-order valence-corrected chi connectivity index (χ3v) is 3.31. The molecular formula is C12H13F7OSi. The van der Waals surface area contributed by atoms with Crippen molar-refractivity contribution >= 4 is 8.32 Å². The molecule has 0 saturated carbocycles. The number of halogens is 7. The minimum absolute atomic E-state index is 0.146. The maximum absolute atomic E-state index is 13.1. The molecule has 0 aliphatic rings. The van der Waals surface area contributed by atoms with E-state index in [1.54, 1.807) is 0 Å². The van der Waals surface area contributed by atoms with Crippen molar-refractivity contribution in [3.05, 3.63) is 35.1 Å². The van der Waals surface area contributed by atoms with Crippen LogP contribution in [0.25, 0.3) is 0 Å². The Balaban J connectivity index is 3.33. The molecule has 21 heavy (non-hydrogen) atoms. The summed E-state index contributed by atoms with van der Waals surface area (Å²) in [6.45, 7) is 4.42. The molecule has 9 heteroatoms. The van der Waals surface area contributed by atoms with E-state index in [1.807, 2.05) is 0 Å². The summed E-state index contributed by atoms with van der Waals surface area (Å²) in [7, 11) is -2.68. The van der Waals surface area contributed by atoms with Crippen molar-refractivity contribution in [2.75, 3.05) is 0 Å². The summed E-state index contributed by atoms with van der Waals surface area (Å²) < 4.78 is 94.7. The Morgan fingerprint density at radius 2 is 1.52 bits per heavy atom. The highest BCUT2D eigenvalue weighted by molar-refractivity contribution is 6.69. The van der Waals surface area contributed by atoms with E-state index < -0.39 is 43.7 Å². The monoisotopic (exact) mass is 334 g/mol. The first-order chi connectivity index (χ1) is 9.22. The van der Waals surface area contributed by atoms with Crippen LogP contribution in [0.15, 0.2) is 18.2 Å². The predicted molar refractivity (Wildman–Crippen MR) is 64.6 cm³/mol. The molecule has 0 fully saturated rings. The van der Waals surface area contributed by atoms with E-state index in [0.29, 0.717) is 12.1 Å². The molecule has 0 radical (unpaired) electrons. The molecule has 0 N–H and O–H groups in total. The summed E-state index contributed by atoms with van der Waals surface area (Å²) in [5, 5.41) is 0. The van der Waals surface area contributed by atoms with Gasteiger partial charge in [0.2, 0.25) is 0 Å². The summed E-state index contributed by atoms with van der Waals surface area (Å²) in [6, 6.07) is 1.17. The van der Waals surface area contributed by atoms with Gasteiger partial charge in [0.05, 0.1) is 5.56 Å². The molecular weight excluding hydrogens is 321 g/mol. The minimum atomic E-state index is -5.07. The fourth-order valence-corrected chi connectivity index (χ4v) is 2.58. The molecule has 1 rings (SSSR count). The van der Waals surface area contributed by atoms with Gasteiger partial charge in [0, 0.05) is 0 Å². The lowest BCUT2D eigenvalue weighted by atomic mass is 10.0. The topological polar surface area (TPSA) is 9.23 Å². The van der Waals surface area contributed by atoms with E-state index >= 15 is 0 Å². The van der Waals surface area contributed by atoms with Crippen LogP contribution in [0, 0.1) is 5.82 Å². The van der Waals surface area contributed by atoms with Crippen LogP contribution in [0.4, 0.5) is 30.7 Å². The first-order valence-electron chi connectivity index (χ1n) is 5.83. The second-order valence-corrected chi connectivity index (χ2v) is 9.85. The number of rotatable bonds is 3. The molecule has 0 heterocycles.